The third kappa shape index (κ3) is 3.40. The number of ether oxygens (including phenoxy) is 1. The van der Waals surface area contributed by atoms with E-state index < -0.39 is 52.8 Å². The first-order valence-corrected chi connectivity index (χ1v) is 13.4. The van der Waals surface area contributed by atoms with E-state index in [0.29, 0.717) is 5.57 Å². The van der Waals surface area contributed by atoms with Gasteiger partial charge in [0.05, 0.1) is 43.4 Å². The summed E-state index contributed by atoms with van der Waals surface area (Å²) in [4.78, 5) is 71.9. The fourth-order valence-corrected chi connectivity index (χ4v) is 7.77. The molecule has 2 aliphatic heterocycles. The van der Waals surface area contributed by atoms with E-state index in [1.807, 2.05) is 60.7 Å². The lowest BCUT2D eigenvalue weighted by molar-refractivity contribution is -0.155. The maximum absolute atomic E-state index is 14.1. The topological polar surface area (TPSA) is 101 Å². The molecule has 4 amide bonds. The monoisotopic (exact) mass is 526 g/mol. The molecule has 0 spiro atoms. The van der Waals surface area contributed by atoms with Crippen molar-refractivity contribution in [2.75, 3.05) is 6.61 Å². The van der Waals surface area contributed by atoms with Gasteiger partial charge in [0.2, 0.25) is 23.6 Å². The Morgan fingerprint density at radius 3 is 1.59 bits per heavy atom. The molecular formula is C31H30N2O6. The van der Waals surface area contributed by atoms with Crippen LogP contribution in [0.4, 0.5) is 0 Å². The average molecular weight is 527 g/mol. The molecule has 0 radical (unpaired) electrons. The van der Waals surface area contributed by atoms with E-state index in [0.717, 1.165) is 11.1 Å². The Hall–Kier alpha value is -4.07. The number of hydrogen-bond acceptors (Lipinski definition) is 6. The lowest BCUT2D eigenvalue weighted by Crippen LogP contribution is -2.61. The van der Waals surface area contributed by atoms with Crippen LogP contribution in [-0.2, 0) is 41.8 Å². The predicted molar refractivity (Wildman–Crippen MR) is 139 cm³/mol. The Balaban J connectivity index is 1.47. The van der Waals surface area contributed by atoms with Crippen molar-refractivity contribution in [2.24, 2.45) is 35.0 Å². The van der Waals surface area contributed by atoms with Crippen molar-refractivity contribution >= 4 is 29.6 Å². The highest BCUT2D eigenvalue weighted by atomic mass is 16.5. The molecule has 6 atom stereocenters. The highest BCUT2D eigenvalue weighted by Gasteiger charge is 2.76. The van der Waals surface area contributed by atoms with Gasteiger partial charge in [-0.25, -0.2) is 4.79 Å². The van der Waals surface area contributed by atoms with E-state index in [4.69, 9.17) is 4.74 Å². The Morgan fingerprint density at radius 2 is 1.18 bits per heavy atom. The number of allylic oxidation sites excluding steroid dienone is 1. The molecule has 2 heterocycles. The van der Waals surface area contributed by atoms with Gasteiger partial charge in [0, 0.05) is 16.9 Å². The molecule has 7 rings (SSSR count). The summed E-state index contributed by atoms with van der Waals surface area (Å²) in [6.07, 6.45) is 0. The van der Waals surface area contributed by atoms with Crippen molar-refractivity contribution in [1.82, 2.24) is 9.80 Å². The predicted octanol–water partition coefficient (Wildman–Crippen LogP) is 3.12. The van der Waals surface area contributed by atoms with Crippen molar-refractivity contribution in [1.29, 1.82) is 0 Å². The summed E-state index contributed by atoms with van der Waals surface area (Å²) in [6.45, 7) is 5.47. The third-order valence-electron chi connectivity index (χ3n) is 9.23. The smallest absolute Gasteiger partial charge is 0.334 e. The van der Waals surface area contributed by atoms with Crippen LogP contribution in [0.1, 0.15) is 31.9 Å². The fraction of sp³-hybridized carbons (Fsp3) is 0.387. The molecule has 5 aliphatic rings. The van der Waals surface area contributed by atoms with Crippen LogP contribution in [-0.4, -0.2) is 46.0 Å². The molecule has 0 N–H and O–H groups in total. The fourth-order valence-electron chi connectivity index (χ4n) is 7.77. The van der Waals surface area contributed by atoms with Gasteiger partial charge in [0.15, 0.2) is 0 Å². The van der Waals surface area contributed by atoms with Crippen LogP contribution in [0, 0.1) is 35.0 Å². The second-order valence-corrected chi connectivity index (χ2v) is 11.1. The van der Waals surface area contributed by atoms with E-state index in [1.54, 1.807) is 20.8 Å². The number of rotatable bonds is 6. The molecule has 2 aromatic rings. The molecule has 8 nitrogen and oxygen atoms in total. The van der Waals surface area contributed by atoms with Crippen molar-refractivity contribution in [2.45, 2.75) is 33.9 Å². The van der Waals surface area contributed by atoms with Crippen molar-refractivity contribution in [3.8, 4) is 0 Å². The number of esters is 1. The van der Waals surface area contributed by atoms with E-state index in [1.165, 1.54) is 9.80 Å². The second-order valence-electron chi connectivity index (χ2n) is 11.1. The quantitative estimate of drug-likeness (QED) is 0.424. The molecule has 2 unspecified atom stereocenters. The minimum Gasteiger partial charge on any atom is -0.463 e. The first-order valence-electron chi connectivity index (χ1n) is 13.4. The molecule has 8 heteroatoms. The summed E-state index contributed by atoms with van der Waals surface area (Å²) in [7, 11) is 0. The molecule has 1 saturated carbocycles. The van der Waals surface area contributed by atoms with Gasteiger partial charge in [-0.05, 0) is 25.0 Å². The van der Waals surface area contributed by atoms with Gasteiger partial charge in [0.1, 0.15) is 0 Å². The first kappa shape index (κ1) is 25.2. The number of benzene rings is 2. The van der Waals surface area contributed by atoms with Crippen LogP contribution in [0.25, 0.3) is 0 Å². The molecule has 0 aromatic heterocycles. The number of nitrogens with zero attached hydrogens (tertiary/aromatic N) is 2. The maximum atomic E-state index is 14.1. The highest BCUT2D eigenvalue weighted by Crippen LogP contribution is 2.68. The Bertz CT molecular complexity index is 1350. The molecular weight excluding hydrogens is 496 g/mol. The first-order chi connectivity index (χ1) is 18.7. The highest BCUT2D eigenvalue weighted by molar-refractivity contribution is 6.13. The van der Waals surface area contributed by atoms with E-state index in [-0.39, 0.29) is 37.1 Å². The summed E-state index contributed by atoms with van der Waals surface area (Å²) in [5, 5.41) is 0. The Morgan fingerprint density at radius 1 is 0.744 bits per heavy atom. The standard InChI is InChI=1S/C31H30N2O6/c1-4-39-30(38)23-17(2)20-21-24(28(36)32(26(21)34)15-18-11-7-5-8-12-18)31(23,3)25-22(20)27(35)33(29(25)37)16-19-13-9-6-10-14-19/h5-14,20-22,24-25H,4,15-16H2,1-3H3/t20?,21-,22+,24-,25-,31?/m1/s1. The Labute approximate surface area is 226 Å². The molecule has 3 fully saturated rings. The van der Waals surface area contributed by atoms with Gasteiger partial charge in [0.25, 0.3) is 0 Å². The van der Waals surface area contributed by atoms with Gasteiger partial charge in [-0.1, -0.05) is 73.2 Å². The number of amides is 4. The zero-order valence-corrected chi connectivity index (χ0v) is 22.1. The van der Waals surface area contributed by atoms with E-state index in [2.05, 4.69) is 0 Å². The summed E-state index contributed by atoms with van der Waals surface area (Å²) in [5.41, 5.74) is 1.07. The van der Waals surface area contributed by atoms with Crippen LogP contribution in [0.2, 0.25) is 0 Å². The lowest BCUT2D eigenvalue weighted by atomic mass is 9.43. The normalized spacial score (nSPS) is 31.2. The van der Waals surface area contributed by atoms with E-state index in [9.17, 15) is 24.0 Å². The largest absolute Gasteiger partial charge is 0.463 e. The lowest BCUT2D eigenvalue weighted by Gasteiger charge is -2.55. The van der Waals surface area contributed by atoms with Crippen molar-refractivity contribution in [3.63, 3.8) is 0 Å². The van der Waals surface area contributed by atoms with Crippen molar-refractivity contribution in [3.05, 3.63) is 82.9 Å². The van der Waals surface area contributed by atoms with E-state index >= 15 is 0 Å². The Kier molecular flexibility index (Phi) is 5.82. The van der Waals surface area contributed by atoms with Gasteiger partial charge < -0.3 is 4.74 Å². The van der Waals surface area contributed by atoms with Crippen LogP contribution in [0.3, 0.4) is 0 Å². The van der Waals surface area contributed by atoms with Crippen LogP contribution in [0.15, 0.2) is 71.8 Å². The van der Waals surface area contributed by atoms with Gasteiger partial charge in [-0.15, -0.1) is 0 Å². The maximum Gasteiger partial charge on any atom is 0.334 e. The minimum absolute atomic E-state index is 0.0967. The zero-order valence-electron chi connectivity index (χ0n) is 22.1. The SMILES string of the molecule is CCOC(=O)C1=C(C)C2[C@H]3C(=O)N(Cc4ccccc4)C(=O)[C@@H]3C1(C)[C@H]1C(=O)N(Cc3ccccc3)C(=O)[C@@H]21. The van der Waals surface area contributed by atoms with Crippen LogP contribution < -0.4 is 0 Å². The number of carbonyl (C=O) groups is 5. The third-order valence-corrected chi connectivity index (χ3v) is 9.23. The summed E-state index contributed by atoms with van der Waals surface area (Å²) in [6, 6.07) is 18.4. The molecule has 2 saturated heterocycles. The summed E-state index contributed by atoms with van der Waals surface area (Å²) in [5.74, 6) is -6.36. The van der Waals surface area contributed by atoms with Gasteiger partial charge in [-0.2, -0.15) is 0 Å². The molecule has 3 aliphatic carbocycles. The van der Waals surface area contributed by atoms with Crippen LogP contribution in [0.5, 0.6) is 0 Å². The summed E-state index contributed by atoms with van der Waals surface area (Å²) < 4.78 is 5.42. The number of imide groups is 2. The van der Waals surface area contributed by atoms with Gasteiger partial charge in [-0.3, -0.25) is 29.0 Å². The molecule has 2 bridgehead atoms. The molecule has 39 heavy (non-hydrogen) atoms. The van der Waals surface area contributed by atoms with Crippen LogP contribution >= 0.6 is 0 Å². The second kappa shape index (κ2) is 9.00. The average Bonchev–Trinajstić information content (AvgIpc) is 3.32. The van der Waals surface area contributed by atoms with Gasteiger partial charge >= 0.3 is 5.97 Å². The van der Waals surface area contributed by atoms with Crippen molar-refractivity contribution < 1.29 is 28.7 Å². The minimum atomic E-state index is -1.36. The number of carbonyl (C=O) groups excluding carboxylic acids is 5. The number of likely N-dealkylation sites (tertiary alicyclic amines) is 2. The zero-order chi connectivity index (χ0) is 27.6. The summed E-state index contributed by atoms with van der Waals surface area (Å²) >= 11 is 0. The molecule has 2 aromatic carbocycles. The number of hydrogen-bond donors (Lipinski definition) is 0. The molecule has 200 valence electrons.